The Balaban J connectivity index is 2.69. The van der Waals surface area contributed by atoms with Crippen LogP contribution in [0.25, 0.3) is 0 Å². The maximum atomic E-state index is 11.9. The Labute approximate surface area is 128 Å². The van der Waals surface area contributed by atoms with Crippen LogP contribution in [-0.4, -0.2) is 30.3 Å². The summed E-state index contributed by atoms with van der Waals surface area (Å²) in [6, 6.07) is 3.26. The minimum Gasteiger partial charge on any atom is -0.497 e. The van der Waals surface area contributed by atoms with E-state index in [4.69, 9.17) is 21.4 Å². The van der Waals surface area contributed by atoms with Gasteiger partial charge in [-0.25, -0.2) is 9.59 Å². The van der Waals surface area contributed by atoms with Gasteiger partial charge in [0.1, 0.15) is 11.8 Å². The fraction of sp³-hybridized carbons (Fsp3) is 0.429. The lowest BCUT2D eigenvalue weighted by Crippen LogP contribution is -2.43. The summed E-state index contributed by atoms with van der Waals surface area (Å²) in [6.07, 6.45) is 1.96. The molecular formula is C14H19ClN2O4. The average molecular weight is 315 g/mol. The number of carboxylic acid groups (broad SMARTS) is 1. The first kappa shape index (κ1) is 17.1. The molecule has 6 nitrogen and oxygen atoms in total. The number of urea groups is 1. The summed E-state index contributed by atoms with van der Waals surface area (Å²) in [5.74, 6) is -0.522. The van der Waals surface area contributed by atoms with Crippen molar-refractivity contribution < 1.29 is 19.4 Å². The highest BCUT2D eigenvalue weighted by atomic mass is 35.5. The molecule has 1 atom stereocenters. The number of carbonyl (C=O) groups excluding carboxylic acids is 1. The largest absolute Gasteiger partial charge is 0.497 e. The number of methoxy groups -OCH3 is 1. The van der Waals surface area contributed by atoms with Crippen LogP contribution in [-0.2, 0) is 4.79 Å². The number of amides is 2. The van der Waals surface area contributed by atoms with Crippen LogP contribution < -0.4 is 15.4 Å². The van der Waals surface area contributed by atoms with Crippen molar-refractivity contribution in [3.63, 3.8) is 0 Å². The number of hydrogen-bond donors (Lipinski definition) is 3. The molecule has 1 aromatic rings. The Bertz CT molecular complexity index is 508. The molecule has 0 saturated heterocycles. The van der Waals surface area contributed by atoms with Gasteiger partial charge in [0.25, 0.3) is 0 Å². The van der Waals surface area contributed by atoms with Crippen LogP contribution in [0.15, 0.2) is 18.2 Å². The van der Waals surface area contributed by atoms with E-state index in [1.54, 1.807) is 18.2 Å². The predicted molar refractivity (Wildman–Crippen MR) is 81.1 cm³/mol. The molecule has 0 aliphatic heterocycles. The summed E-state index contributed by atoms with van der Waals surface area (Å²) in [7, 11) is 1.50. The molecule has 116 valence electrons. The van der Waals surface area contributed by atoms with Crippen LogP contribution >= 0.6 is 11.6 Å². The molecule has 21 heavy (non-hydrogen) atoms. The van der Waals surface area contributed by atoms with E-state index in [0.717, 1.165) is 12.8 Å². The van der Waals surface area contributed by atoms with E-state index < -0.39 is 18.0 Å². The first-order chi connectivity index (χ1) is 9.97. The number of unbranched alkanes of at least 4 members (excludes halogenated alkanes) is 1. The number of aliphatic carboxylic acids is 1. The third-order valence-corrected chi connectivity index (χ3v) is 3.20. The van der Waals surface area contributed by atoms with Crippen LogP contribution in [0.2, 0.25) is 5.02 Å². The number of halogens is 1. The highest BCUT2D eigenvalue weighted by Crippen LogP contribution is 2.26. The fourth-order valence-corrected chi connectivity index (χ4v) is 1.87. The number of carbonyl (C=O) groups is 2. The van der Waals surface area contributed by atoms with Crippen molar-refractivity contribution in [3.05, 3.63) is 23.2 Å². The maximum absolute atomic E-state index is 11.9. The number of nitrogens with one attached hydrogen (secondary N) is 2. The first-order valence-electron chi connectivity index (χ1n) is 6.61. The minimum atomic E-state index is -1.06. The molecule has 0 saturated carbocycles. The van der Waals surface area contributed by atoms with Gasteiger partial charge >= 0.3 is 12.0 Å². The lowest BCUT2D eigenvalue weighted by molar-refractivity contribution is -0.139. The zero-order valence-corrected chi connectivity index (χ0v) is 12.7. The molecule has 0 spiro atoms. The molecule has 0 radical (unpaired) electrons. The summed E-state index contributed by atoms with van der Waals surface area (Å²) in [5.41, 5.74) is 0.355. The number of benzene rings is 1. The number of anilines is 1. The third kappa shape index (κ3) is 5.51. The molecule has 1 aromatic carbocycles. The number of ether oxygens (including phenoxy) is 1. The molecule has 0 aliphatic carbocycles. The first-order valence-corrected chi connectivity index (χ1v) is 6.99. The summed E-state index contributed by atoms with van der Waals surface area (Å²) in [5, 5.41) is 14.3. The summed E-state index contributed by atoms with van der Waals surface area (Å²) in [4.78, 5) is 22.9. The average Bonchev–Trinajstić information content (AvgIpc) is 2.45. The van der Waals surface area contributed by atoms with Crippen molar-refractivity contribution in [1.29, 1.82) is 0 Å². The molecule has 2 amide bonds. The molecule has 0 bridgehead atoms. The summed E-state index contributed by atoms with van der Waals surface area (Å²) in [6.45, 7) is 1.95. The Kier molecular flexibility index (Phi) is 6.81. The molecule has 7 heteroatoms. The van der Waals surface area contributed by atoms with Gasteiger partial charge in [0, 0.05) is 6.07 Å². The van der Waals surface area contributed by atoms with Gasteiger partial charge in [0.05, 0.1) is 17.8 Å². The lowest BCUT2D eigenvalue weighted by Gasteiger charge is -2.15. The zero-order chi connectivity index (χ0) is 15.8. The highest BCUT2D eigenvalue weighted by Gasteiger charge is 2.19. The van der Waals surface area contributed by atoms with Gasteiger partial charge in [-0.05, 0) is 18.6 Å². The predicted octanol–water partition coefficient (Wildman–Crippen LogP) is 3.11. The van der Waals surface area contributed by atoms with Gasteiger partial charge in [0.2, 0.25) is 0 Å². The van der Waals surface area contributed by atoms with Crippen LogP contribution in [0, 0.1) is 0 Å². The second-order valence-corrected chi connectivity index (χ2v) is 4.88. The van der Waals surface area contributed by atoms with Gasteiger partial charge in [0.15, 0.2) is 0 Å². The van der Waals surface area contributed by atoms with Crippen molar-refractivity contribution in [2.24, 2.45) is 0 Å². The third-order valence-electron chi connectivity index (χ3n) is 2.87. The maximum Gasteiger partial charge on any atom is 0.326 e. The van der Waals surface area contributed by atoms with Crippen LogP contribution in [0.1, 0.15) is 26.2 Å². The molecule has 0 heterocycles. The summed E-state index contributed by atoms with van der Waals surface area (Å²) >= 11 is 5.97. The van der Waals surface area contributed by atoms with Crippen molar-refractivity contribution in [3.8, 4) is 5.75 Å². The van der Waals surface area contributed by atoms with E-state index in [9.17, 15) is 9.59 Å². The molecule has 3 N–H and O–H groups in total. The van der Waals surface area contributed by atoms with Gasteiger partial charge in [-0.15, -0.1) is 0 Å². The SMILES string of the molecule is CCCC[C@H](NC(=O)Nc1cc(OC)ccc1Cl)C(=O)O. The summed E-state index contributed by atoms with van der Waals surface area (Å²) < 4.78 is 5.04. The number of hydrogen-bond acceptors (Lipinski definition) is 3. The van der Waals surface area contributed by atoms with Gasteiger partial charge < -0.3 is 20.5 Å². The van der Waals surface area contributed by atoms with E-state index in [1.165, 1.54) is 7.11 Å². The molecular weight excluding hydrogens is 296 g/mol. The fourth-order valence-electron chi connectivity index (χ4n) is 1.71. The molecule has 1 rings (SSSR count). The zero-order valence-electron chi connectivity index (χ0n) is 12.0. The van der Waals surface area contributed by atoms with Crippen LogP contribution in [0.4, 0.5) is 10.5 Å². The van der Waals surface area contributed by atoms with Crippen molar-refractivity contribution in [2.75, 3.05) is 12.4 Å². The number of carboxylic acids is 1. The lowest BCUT2D eigenvalue weighted by atomic mass is 10.1. The Hall–Kier alpha value is -1.95. The highest BCUT2D eigenvalue weighted by molar-refractivity contribution is 6.33. The Morgan fingerprint density at radius 1 is 1.43 bits per heavy atom. The van der Waals surface area contributed by atoms with Crippen molar-refractivity contribution in [1.82, 2.24) is 5.32 Å². The quantitative estimate of drug-likeness (QED) is 0.721. The van der Waals surface area contributed by atoms with E-state index in [2.05, 4.69) is 10.6 Å². The minimum absolute atomic E-state index is 0.339. The van der Waals surface area contributed by atoms with Crippen LogP contribution in [0.3, 0.4) is 0 Å². The van der Waals surface area contributed by atoms with E-state index in [1.807, 2.05) is 6.92 Å². The second-order valence-electron chi connectivity index (χ2n) is 4.48. The molecule has 0 aliphatic rings. The van der Waals surface area contributed by atoms with Gasteiger partial charge in [-0.2, -0.15) is 0 Å². The van der Waals surface area contributed by atoms with Crippen molar-refractivity contribution >= 4 is 29.3 Å². The Morgan fingerprint density at radius 2 is 2.14 bits per heavy atom. The molecule has 0 aromatic heterocycles. The van der Waals surface area contributed by atoms with E-state index in [0.29, 0.717) is 22.9 Å². The van der Waals surface area contributed by atoms with Crippen molar-refractivity contribution in [2.45, 2.75) is 32.2 Å². The van der Waals surface area contributed by atoms with Crippen LogP contribution in [0.5, 0.6) is 5.75 Å². The van der Waals surface area contributed by atoms with Gasteiger partial charge in [-0.3, -0.25) is 0 Å². The second kappa shape index (κ2) is 8.36. The van der Waals surface area contributed by atoms with E-state index >= 15 is 0 Å². The normalized spacial score (nSPS) is 11.6. The topological polar surface area (TPSA) is 87.7 Å². The number of rotatable bonds is 7. The van der Waals surface area contributed by atoms with Gasteiger partial charge in [-0.1, -0.05) is 31.4 Å². The smallest absolute Gasteiger partial charge is 0.326 e. The monoisotopic (exact) mass is 314 g/mol. The molecule has 0 unspecified atom stereocenters. The molecule has 0 fully saturated rings. The van der Waals surface area contributed by atoms with E-state index in [-0.39, 0.29) is 0 Å². The standard InChI is InChI=1S/C14H19ClN2O4/c1-3-4-5-11(13(18)19)16-14(20)17-12-8-9(21-2)6-7-10(12)15/h6-8,11H,3-5H2,1-2H3,(H,18,19)(H2,16,17,20)/t11-/m0/s1. The Morgan fingerprint density at radius 3 is 2.71 bits per heavy atom.